The summed E-state index contributed by atoms with van der Waals surface area (Å²) in [6.45, 7) is 16.0. The van der Waals surface area contributed by atoms with E-state index in [-0.39, 0.29) is 41.3 Å². The van der Waals surface area contributed by atoms with Gasteiger partial charge in [-0.25, -0.2) is 0 Å². The first kappa shape index (κ1) is 26.9. The first-order valence-corrected chi connectivity index (χ1v) is 16.1. The molecule has 2 aliphatic heterocycles. The van der Waals surface area contributed by atoms with Crippen LogP contribution in [0.25, 0.3) is 0 Å². The van der Waals surface area contributed by atoms with Crippen LogP contribution in [-0.4, -0.2) is 61.4 Å². The Labute approximate surface area is 235 Å². The van der Waals surface area contributed by atoms with Crippen LogP contribution in [0.3, 0.4) is 0 Å². The van der Waals surface area contributed by atoms with E-state index in [0.717, 1.165) is 31.5 Å². The molecular weight excluding hydrogens is 490 g/mol. The Morgan fingerprint density at radius 3 is 2.49 bits per heavy atom. The maximum absolute atomic E-state index is 12.0. The third kappa shape index (κ3) is 3.37. The van der Waals surface area contributed by atoms with Crippen molar-refractivity contribution < 1.29 is 23.8 Å². The molecule has 218 valence electrons. The molecule has 0 aromatic heterocycles. The van der Waals surface area contributed by atoms with Gasteiger partial charge in [0.25, 0.3) is 0 Å². The van der Waals surface area contributed by atoms with Gasteiger partial charge in [0.05, 0.1) is 25.4 Å². The van der Waals surface area contributed by atoms with Crippen LogP contribution >= 0.6 is 0 Å². The molecule has 39 heavy (non-hydrogen) atoms. The van der Waals surface area contributed by atoms with E-state index >= 15 is 0 Å². The van der Waals surface area contributed by atoms with Gasteiger partial charge >= 0.3 is 0 Å². The van der Waals surface area contributed by atoms with E-state index < -0.39 is 0 Å². The van der Waals surface area contributed by atoms with Gasteiger partial charge in [-0.2, -0.15) is 0 Å². The molecule has 0 bridgehead atoms. The Morgan fingerprint density at radius 1 is 1.00 bits per heavy atom. The molecule has 2 heterocycles. The number of carbonyl (C=O) groups is 2. The van der Waals surface area contributed by atoms with Crippen molar-refractivity contribution in [1.29, 1.82) is 0 Å². The summed E-state index contributed by atoms with van der Waals surface area (Å²) in [7, 11) is 0. The monoisotopic (exact) mass is 541 g/mol. The average molecular weight is 542 g/mol. The van der Waals surface area contributed by atoms with Gasteiger partial charge in [0.15, 0.2) is 6.29 Å². The molecule has 6 unspecified atom stereocenters. The van der Waals surface area contributed by atoms with Gasteiger partial charge in [-0.3, -0.25) is 4.79 Å². The summed E-state index contributed by atoms with van der Waals surface area (Å²) in [5.41, 5.74) is 1.60. The fraction of sp³-hybridized carbons (Fsp3) is 0.939. The van der Waals surface area contributed by atoms with Gasteiger partial charge in [-0.15, -0.1) is 0 Å². The van der Waals surface area contributed by atoms with Crippen LogP contribution in [0.1, 0.15) is 99.3 Å². The zero-order chi connectivity index (χ0) is 27.6. The molecule has 0 radical (unpaired) electrons. The van der Waals surface area contributed by atoms with Gasteiger partial charge in [-0.1, -0.05) is 34.6 Å². The molecule has 12 atom stereocenters. The fourth-order valence-electron chi connectivity index (χ4n) is 12.8. The Hall–Kier alpha value is -0.980. The van der Waals surface area contributed by atoms with E-state index in [9.17, 15) is 9.59 Å². The molecule has 0 aromatic carbocycles. The molecular formula is C33H51NO5. The molecule has 2 spiro atoms. The van der Waals surface area contributed by atoms with Gasteiger partial charge in [-0.05, 0) is 109 Å². The number of aldehydes is 1. The highest BCUT2D eigenvalue weighted by molar-refractivity contribution is 5.73. The lowest BCUT2D eigenvalue weighted by Crippen LogP contribution is -2.58. The first-order chi connectivity index (χ1) is 18.4. The molecule has 0 N–H and O–H groups in total. The lowest BCUT2D eigenvalue weighted by molar-refractivity contribution is -0.246. The van der Waals surface area contributed by atoms with E-state index in [1.165, 1.54) is 38.5 Å². The Bertz CT molecular complexity index is 1050. The number of rotatable bonds is 3. The largest absolute Gasteiger partial charge is 0.367 e. The SMILES string of the molecule is CC(=O)N1CCOC(OC2CC[C@]34C[C@]35CC[C@]3(C)C6C(C[C@@]3(C)[C@@H]5CCC4C2(C)C)OC(C=O)C[C@H]6C)C1. The highest BCUT2D eigenvalue weighted by atomic mass is 16.7. The van der Waals surface area contributed by atoms with Crippen molar-refractivity contribution >= 4 is 12.2 Å². The molecule has 7 aliphatic rings. The van der Waals surface area contributed by atoms with Crippen LogP contribution < -0.4 is 0 Å². The van der Waals surface area contributed by atoms with E-state index in [4.69, 9.17) is 14.2 Å². The van der Waals surface area contributed by atoms with Crippen LogP contribution in [-0.2, 0) is 23.8 Å². The number of fused-ring (bicyclic) bond motifs is 4. The lowest BCUT2D eigenvalue weighted by Gasteiger charge is -2.63. The highest BCUT2D eigenvalue weighted by Crippen LogP contribution is 2.89. The lowest BCUT2D eigenvalue weighted by atomic mass is 9.41. The summed E-state index contributed by atoms with van der Waals surface area (Å²) in [4.78, 5) is 25.6. The molecule has 2 saturated heterocycles. The molecule has 5 saturated carbocycles. The smallest absolute Gasteiger partial charge is 0.219 e. The predicted molar refractivity (Wildman–Crippen MR) is 148 cm³/mol. The predicted octanol–water partition coefficient (Wildman–Crippen LogP) is 5.62. The second kappa shape index (κ2) is 8.53. The normalized spacial score (nSPS) is 55.4. The van der Waals surface area contributed by atoms with Gasteiger partial charge in [0.1, 0.15) is 12.4 Å². The number of ether oxygens (including phenoxy) is 3. The molecule has 7 fully saturated rings. The number of carbonyl (C=O) groups excluding carboxylic acids is 2. The van der Waals surface area contributed by atoms with Crippen molar-refractivity contribution in [3.05, 3.63) is 0 Å². The summed E-state index contributed by atoms with van der Waals surface area (Å²) in [5.74, 6) is 2.68. The second-order valence-electron chi connectivity index (χ2n) is 16.0. The zero-order valence-electron chi connectivity index (χ0n) is 25.2. The van der Waals surface area contributed by atoms with Crippen LogP contribution in [0.5, 0.6) is 0 Å². The van der Waals surface area contributed by atoms with E-state index in [2.05, 4.69) is 34.6 Å². The molecule has 6 heteroatoms. The Kier molecular flexibility index (Phi) is 5.88. The van der Waals surface area contributed by atoms with Crippen molar-refractivity contribution in [2.75, 3.05) is 19.7 Å². The van der Waals surface area contributed by atoms with E-state index in [1.807, 2.05) is 4.90 Å². The maximum atomic E-state index is 12.0. The van der Waals surface area contributed by atoms with Crippen molar-refractivity contribution in [2.24, 2.45) is 50.7 Å². The van der Waals surface area contributed by atoms with Crippen molar-refractivity contribution in [3.8, 4) is 0 Å². The van der Waals surface area contributed by atoms with Crippen LogP contribution in [0.4, 0.5) is 0 Å². The molecule has 7 rings (SSSR count). The Balaban J connectivity index is 1.13. The second-order valence-corrected chi connectivity index (χ2v) is 16.0. The molecule has 1 amide bonds. The van der Waals surface area contributed by atoms with Crippen LogP contribution in [0.15, 0.2) is 0 Å². The van der Waals surface area contributed by atoms with Gasteiger partial charge in [0.2, 0.25) is 5.91 Å². The number of hydrogen-bond donors (Lipinski definition) is 0. The third-order valence-electron chi connectivity index (χ3n) is 14.6. The van der Waals surface area contributed by atoms with Crippen molar-refractivity contribution in [2.45, 2.75) is 124 Å². The number of amides is 1. The summed E-state index contributed by atoms with van der Waals surface area (Å²) in [6, 6.07) is 0. The van der Waals surface area contributed by atoms with Gasteiger partial charge in [0, 0.05) is 13.5 Å². The summed E-state index contributed by atoms with van der Waals surface area (Å²) in [6.07, 6.45) is 12.0. The van der Waals surface area contributed by atoms with Crippen LogP contribution in [0, 0.1) is 50.7 Å². The number of morpholine rings is 1. The van der Waals surface area contributed by atoms with Crippen molar-refractivity contribution in [1.82, 2.24) is 4.90 Å². The summed E-state index contributed by atoms with van der Waals surface area (Å²) < 4.78 is 19.2. The number of nitrogens with zero attached hydrogens (tertiary/aromatic N) is 1. The molecule has 0 aromatic rings. The topological polar surface area (TPSA) is 65.1 Å². The van der Waals surface area contributed by atoms with Crippen molar-refractivity contribution in [3.63, 3.8) is 0 Å². The quantitative estimate of drug-likeness (QED) is 0.434. The van der Waals surface area contributed by atoms with E-state index in [1.54, 1.807) is 6.92 Å². The maximum Gasteiger partial charge on any atom is 0.219 e. The highest BCUT2D eigenvalue weighted by Gasteiger charge is 2.83. The number of hydrogen-bond acceptors (Lipinski definition) is 5. The average Bonchev–Trinajstić information content (AvgIpc) is 3.49. The van der Waals surface area contributed by atoms with Gasteiger partial charge < -0.3 is 23.9 Å². The minimum absolute atomic E-state index is 0.0920. The minimum atomic E-state index is -0.307. The zero-order valence-corrected chi connectivity index (χ0v) is 25.2. The van der Waals surface area contributed by atoms with Crippen LogP contribution in [0.2, 0.25) is 0 Å². The summed E-state index contributed by atoms with van der Waals surface area (Å²) >= 11 is 0. The standard InChI is InChI=1S/C33H51NO5/c1-20-15-22(18-35)38-23-16-31(6)25-8-7-24-29(3,4)26(39-27-17-34(21(2)36)13-14-37-27)9-10-32(24)19-33(25,32)12-11-30(31,5)28(20)23/h18,20,22-28H,7-17,19H2,1-6H3/t20-,22?,23?,24?,25+,26?,27?,28?,30-,31+,32-,33+/m1/s1. The molecule has 5 aliphatic carbocycles. The fourth-order valence-corrected chi connectivity index (χ4v) is 12.8. The van der Waals surface area contributed by atoms with E-state index in [0.29, 0.717) is 53.7 Å². The molecule has 6 nitrogen and oxygen atoms in total. The summed E-state index contributed by atoms with van der Waals surface area (Å²) in [5, 5.41) is 0. The Morgan fingerprint density at radius 2 is 1.74 bits per heavy atom. The third-order valence-corrected chi connectivity index (χ3v) is 14.6. The minimum Gasteiger partial charge on any atom is -0.367 e. The first-order valence-electron chi connectivity index (χ1n) is 16.1.